The number of ether oxygens (including phenoxy) is 4. The molecule has 0 unspecified atom stereocenters. The molecule has 2 aliphatic carbocycles. The van der Waals surface area contributed by atoms with Crippen molar-refractivity contribution in [1.29, 1.82) is 0 Å². The van der Waals surface area contributed by atoms with Gasteiger partial charge in [0.2, 0.25) is 27.7 Å². The maximum absolute atomic E-state index is 14.7. The smallest absolute Gasteiger partial charge is 0.307 e. The van der Waals surface area contributed by atoms with Gasteiger partial charge < -0.3 is 23.8 Å². The molecular weight excluding hydrogens is 734 g/mol. The number of methoxy groups -OCH3 is 1. The van der Waals surface area contributed by atoms with E-state index in [1.165, 1.54) is 4.90 Å². The maximum atomic E-state index is 14.7. The van der Waals surface area contributed by atoms with Crippen LogP contribution in [0, 0.1) is 17.3 Å². The molecule has 0 bridgehead atoms. The number of nitrogens with zero attached hydrogens (tertiary/aromatic N) is 2. The van der Waals surface area contributed by atoms with Crippen LogP contribution in [-0.4, -0.2) is 96.9 Å². The molecule has 1 aromatic carbocycles. The van der Waals surface area contributed by atoms with Gasteiger partial charge in [-0.15, -0.1) is 0 Å². The van der Waals surface area contributed by atoms with E-state index in [4.69, 9.17) is 18.9 Å². The summed E-state index contributed by atoms with van der Waals surface area (Å²) in [6.45, 7) is 7.65. The van der Waals surface area contributed by atoms with Crippen LogP contribution < -0.4 is 14.2 Å². The third-order valence-corrected chi connectivity index (χ3v) is 13.4. The molecule has 1 N–H and O–H groups in total. The van der Waals surface area contributed by atoms with E-state index < -0.39 is 86.1 Å². The number of halogens is 1. The van der Waals surface area contributed by atoms with Crippen LogP contribution in [0.3, 0.4) is 0 Å². The standard InChI is InChI=1S/C40H52FN3O10S/c1-24-9-7-8-10-27-20-40(27,37(48)43-55(49,50)39(23-41)14-15-39)21-33(45)32-18-29(53-35-30-12-11-28(51-6)17-26(30)13-16-42-35)22-44(32)36(47)31(25(2)52-24)19-34(46)54-38(3,4)5/h8,10-13,16-17,24-25,27,29,31-32H,7,9,14-15,18-23H2,1-6H3,(H,43,48)/b10-8-/t24-,25+,27-,29-,31+,32+,40-/m1/s1. The summed E-state index contributed by atoms with van der Waals surface area (Å²) in [5.41, 5.74) is -2.22. The van der Waals surface area contributed by atoms with E-state index in [1.54, 1.807) is 47.1 Å². The number of esters is 1. The number of fused-ring (bicyclic) bond motifs is 3. The Kier molecular flexibility index (Phi) is 11.4. The SMILES string of the molecule is COc1ccc2c(O[C@@H]3C[C@H]4C(=O)C[C@]5(C(=O)NS(=O)(=O)C6(CF)CC6)C[C@H]5/C=C\CC[C@@H](C)O[C@@H](C)[C@H](CC(=O)OC(C)(C)C)C(=O)N4C3)nccc2c1. The van der Waals surface area contributed by atoms with Gasteiger partial charge in [0, 0.05) is 24.4 Å². The largest absolute Gasteiger partial charge is 0.497 e. The second kappa shape index (κ2) is 15.4. The lowest BCUT2D eigenvalue weighted by Crippen LogP contribution is -2.49. The topological polar surface area (TPSA) is 168 Å². The lowest BCUT2D eigenvalue weighted by atomic mass is 9.90. The van der Waals surface area contributed by atoms with E-state index in [1.807, 2.05) is 37.3 Å². The Morgan fingerprint density at radius 1 is 1.15 bits per heavy atom. The zero-order chi connectivity index (χ0) is 39.9. The second-order valence-electron chi connectivity index (χ2n) is 16.6. The Labute approximate surface area is 321 Å². The lowest BCUT2D eigenvalue weighted by molar-refractivity contribution is -0.163. The molecule has 55 heavy (non-hydrogen) atoms. The minimum Gasteiger partial charge on any atom is -0.497 e. The molecule has 6 rings (SSSR count). The fourth-order valence-corrected chi connectivity index (χ4v) is 9.24. The monoisotopic (exact) mass is 785 g/mol. The normalized spacial score (nSPS) is 30.3. The van der Waals surface area contributed by atoms with Crippen molar-refractivity contribution in [2.45, 2.75) is 121 Å². The summed E-state index contributed by atoms with van der Waals surface area (Å²) < 4.78 is 64.4. The Bertz CT molecular complexity index is 1960. The predicted octanol–water partition coefficient (Wildman–Crippen LogP) is 5.00. The van der Waals surface area contributed by atoms with Crippen LogP contribution in [0.15, 0.2) is 42.6 Å². The van der Waals surface area contributed by atoms with Gasteiger partial charge in [-0.3, -0.25) is 23.9 Å². The molecule has 2 aliphatic heterocycles. The van der Waals surface area contributed by atoms with E-state index in [9.17, 15) is 32.0 Å². The number of rotatable bonds is 9. The molecule has 15 heteroatoms. The molecule has 1 saturated heterocycles. The lowest BCUT2D eigenvalue weighted by Gasteiger charge is -2.32. The van der Waals surface area contributed by atoms with Crippen LogP contribution in [0.2, 0.25) is 0 Å². The van der Waals surface area contributed by atoms with Gasteiger partial charge in [-0.25, -0.2) is 17.8 Å². The fourth-order valence-electron chi connectivity index (χ4n) is 7.79. The number of alkyl halides is 1. The number of hydrogen-bond donors (Lipinski definition) is 1. The number of carbonyl (C=O) groups excluding carboxylic acids is 4. The van der Waals surface area contributed by atoms with Gasteiger partial charge in [-0.05, 0) is 102 Å². The Balaban J connectivity index is 1.35. The van der Waals surface area contributed by atoms with Crippen LogP contribution in [0.5, 0.6) is 11.6 Å². The van der Waals surface area contributed by atoms with Gasteiger partial charge >= 0.3 is 5.97 Å². The average Bonchev–Trinajstić information content (AvgIpc) is 4.02. The quantitative estimate of drug-likeness (QED) is 0.269. The first-order valence-corrected chi connectivity index (χ1v) is 20.5. The maximum Gasteiger partial charge on any atom is 0.307 e. The van der Waals surface area contributed by atoms with Crippen molar-refractivity contribution in [3.8, 4) is 11.6 Å². The molecule has 13 nitrogen and oxygen atoms in total. The Morgan fingerprint density at radius 3 is 2.56 bits per heavy atom. The fraction of sp³-hybridized carbons (Fsp3) is 0.625. The van der Waals surface area contributed by atoms with E-state index in [0.29, 0.717) is 29.9 Å². The van der Waals surface area contributed by atoms with Gasteiger partial charge in [0.15, 0.2) is 5.78 Å². The number of carbonyl (C=O) groups is 4. The van der Waals surface area contributed by atoms with Gasteiger partial charge in [0.05, 0.1) is 49.7 Å². The molecular formula is C40H52FN3O10S. The number of benzene rings is 1. The highest BCUT2D eigenvalue weighted by atomic mass is 32.2. The van der Waals surface area contributed by atoms with Crippen molar-refractivity contribution >= 4 is 44.4 Å². The van der Waals surface area contributed by atoms with Gasteiger partial charge in [-0.2, -0.15) is 0 Å². The van der Waals surface area contributed by atoms with Crippen molar-refractivity contribution in [3.05, 3.63) is 42.6 Å². The molecule has 2 saturated carbocycles. The van der Waals surface area contributed by atoms with Crippen LogP contribution >= 0.6 is 0 Å². The van der Waals surface area contributed by atoms with Gasteiger partial charge in [-0.1, -0.05) is 12.2 Å². The van der Waals surface area contributed by atoms with Crippen LogP contribution in [0.4, 0.5) is 4.39 Å². The first kappa shape index (κ1) is 40.6. The first-order chi connectivity index (χ1) is 25.9. The summed E-state index contributed by atoms with van der Waals surface area (Å²) >= 11 is 0. The van der Waals surface area contributed by atoms with E-state index in [-0.39, 0.29) is 51.2 Å². The zero-order valence-corrected chi connectivity index (χ0v) is 33.2. The number of sulfonamides is 1. The van der Waals surface area contributed by atoms with Crippen molar-refractivity contribution < 1.29 is 50.9 Å². The molecule has 1 aromatic heterocycles. The highest BCUT2D eigenvalue weighted by Crippen LogP contribution is 2.57. The van der Waals surface area contributed by atoms with Gasteiger partial charge in [0.25, 0.3) is 0 Å². The molecule has 3 fully saturated rings. The summed E-state index contributed by atoms with van der Waals surface area (Å²) in [5.74, 6) is -2.97. The Morgan fingerprint density at radius 2 is 1.89 bits per heavy atom. The number of hydrogen-bond acceptors (Lipinski definition) is 11. The van der Waals surface area contributed by atoms with Crippen LogP contribution in [0.25, 0.3) is 10.8 Å². The van der Waals surface area contributed by atoms with Crippen molar-refractivity contribution in [2.24, 2.45) is 17.3 Å². The van der Waals surface area contributed by atoms with Crippen molar-refractivity contribution in [2.75, 3.05) is 20.3 Å². The van der Waals surface area contributed by atoms with E-state index in [0.717, 1.165) is 5.39 Å². The molecule has 2 aromatic rings. The van der Waals surface area contributed by atoms with E-state index in [2.05, 4.69) is 9.71 Å². The second-order valence-corrected chi connectivity index (χ2v) is 18.7. The highest BCUT2D eigenvalue weighted by Gasteiger charge is 2.63. The van der Waals surface area contributed by atoms with Crippen LogP contribution in [-0.2, 0) is 38.7 Å². The number of allylic oxidation sites excluding steroid dienone is 2. The number of aromatic nitrogens is 1. The molecule has 300 valence electrons. The molecule has 0 radical (unpaired) electrons. The summed E-state index contributed by atoms with van der Waals surface area (Å²) in [4.78, 5) is 62.4. The van der Waals surface area contributed by atoms with Gasteiger partial charge in [0.1, 0.15) is 28.9 Å². The predicted molar refractivity (Wildman–Crippen MR) is 200 cm³/mol. The first-order valence-electron chi connectivity index (χ1n) is 19.0. The van der Waals surface area contributed by atoms with Crippen LogP contribution in [0.1, 0.15) is 86.0 Å². The third kappa shape index (κ3) is 8.67. The number of pyridine rings is 1. The van der Waals surface area contributed by atoms with Crippen molar-refractivity contribution in [1.82, 2.24) is 14.6 Å². The average molecular weight is 786 g/mol. The molecule has 4 aliphatic rings. The summed E-state index contributed by atoms with van der Waals surface area (Å²) in [6, 6.07) is 6.14. The Hall–Kier alpha value is -4.11. The number of nitrogens with one attached hydrogen (secondary N) is 1. The van der Waals surface area contributed by atoms with Crippen molar-refractivity contribution in [3.63, 3.8) is 0 Å². The molecule has 7 atom stereocenters. The third-order valence-electron chi connectivity index (χ3n) is 11.3. The number of Topliss-reactive ketones (excluding diaryl/α,β-unsaturated/α-hetero) is 1. The number of amides is 2. The van der Waals surface area contributed by atoms with E-state index >= 15 is 0 Å². The molecule has 3 heterocycles. The summed E-state index contributed by atoms with van der Waals surface area (Å²) in [5, 5.41) is 1.49. The molecule has 2 amide bonds. The molecule has 0 spiro atoms. The summed E-state index contributed by atoms with van der Waals surface area (Å²) in [6.07, 6.45) is 4.41. The highest BCUT2D eigenvalue weighted by molar-refractivity contribution is 7.91. The number of ketones is 1. The minimum absolute atomic E-state index is 0.0352. The minimum atomic E-state index is -4.35. The zero-order valence-electron chi connectivity index (χ0n) is 32.3. The summed E-state index contributed by atoms with van der Waals surface area (Å²) in [7, 11) is -2.78.